The van der Waals surface area contributed by atoms with Crippen molar-refractivity contribution in [2.75, 3.05) is 13.1 Å². The molecule has 0 unspecified atom stereocenters. The third-order valence-electron chi connectivity index (χ3n) is 3.62. The van der Waals surface area contributed by atoms with Crippen LogP contribution in [0.1, 0.15) is 24.0 Å². The Morgan fingerprint density at radius 3 is 2.60 bits per heavy atom. The second-order valence-corrected chi connectivity index (χ2v) is 5.19. The van der Waals surface area contributed by atoms with Crippen LogP contribution in [-0.2, 0) is 9.59 Å². The minimum absolute atomic E-state index is 0.0460. The van der Waals surface area contributed by atoms with Gasteiger partial charge < -0.3 is 10.0 Å². The van der Waals surface area contributed by atoms with E-state index >= 15 is 0 Å². The van der Waals surface area contributed by atoms with E-state index in [1.807, 2.05) is 31.2 Å². The molecule has 4 nitrogen and oxygen atoms in total. The van der Waals surface area contributed by atoms with Crippen LogP contribution >= 0.6 is 0 Å². The normalized spacial score (nSPS) is 16.6. The molecule has 1 aromatic carbocycles. The second kappa shape index (κ2) is 6.37. The summed E-state index contributed by atoms with van der Waals surface area (Å²) in [6.45, 7) is 3.05. The van der Waals surface area contributed by atoms with E-state index in [2.05, 4.69) is 0 Å². The van der Waals surface area contributed by atoms with Gasteiger partial charge in [-0.25, -0.2) is 0 Å². The first kappa shape index (κ1) is 14.3. The fourth-order valence-corrected chi connectivity index (χ4v) is 2.39. The van der Waals surface area contributed by atoms with Crippen LogP contribution in [0.15, 0.2) is 30.3 Å². The van der Waals surface area contributed by atoms with Gasteiger partial charge in [0.25, 0.3) is 0 Å². The first-order chi connectivity index (χ1) is 9.56. The van der Waals surface area contributed by atoms with Gasteiger partial charge in [-0.05, 0) is 31.4 Å². The lowest BCUT2D eigenvalue weighted by molar-refractivity contribution is -0.144. The molecule has 4 heteroatoms. The Balaban J connectivity index is 1.91. The van der Waals surface area contributed by atoms with Crippen molar-refractivity contribution in [2.45, 2.75) is 19.8 Å². The van der Waals surface area contributed by atoms with Crippen LogP contribution < -0.4 is 0 Å². The summed E-state index contributed by atoms with van der Waals surface area (Å²) < 4.78 is 0. The lowest BCUT2D eigenvalue weighted by Gasteiger charge is -2.29. The van der Waals surface area contributed by atoms with Crippen molar-refractivity contribution in [1.82, 2.24) is 4.90 Å². The number of carboxylic acids is 1. The summed E-state index contributed by atoms with van der Waals surface area (Å²) in [5.41, 5.74) is 2.15. The molecule has 106 valence electrons. The Kier molecular flexibility index (Phi) is 4.56. The van der Waals surface area contributed by atoms with Crippen LogP contribution in [-0.4, -0.2) is 35.0 Å². The molecule has 0 radical (unpaired) electrons. The minimum atomic E-state index is -0.757. The molecule has 1 fully saturated rings. The zero-order valence-electron chi connectivity index (χ0n) is 11.6. The predicted molar refractivity (Wildman–Crippen MR) is 77.2 cm³/mol. The number of piperidine rings is 1. The molecule has 20 heavy (non-hydrogen) atoms. The Hall–Kier alpha value is -2.10. The highest BCUT2D eigenvalue weighted by Crippen LogP contribution is 2.17. The number of carboxylic acid groups (broad SMARTS) is 1. The van der Waals surface area contributed by atoms with Crippen LogP contribution in [0.4, 0.5) is 0 Å². The summed E-state index contributed by atoms with van der Waals surface area (Å²) in [7, 11) is 0. The third-order valence-corrected chi connectivity index (χ3v) is 3.62. The van der Waals surface area contributed by atoms with E-state index < -0.39 is 5.97 Å². The van der Waals surface area contributed by atoms with Crippen molar-refractivity contribution in [1.29, 1.82) is 0 Å². The van der Waals surface area contributed by atoms with E-state index in [1.165, 1.54) is 0 Å². The van der Waals surface area contributed by atoms with Crippen LogP contribution in [0, 0.1) is 12.8 Å². The molecule has 1 aromatic rings. The first-order valence-corrected chi connectivity index (χ1v) is 6.83. The number of benzene rings is 1. The molecule has 1 aliphatic heterocycles. The molecular formula is C16H19NO3. The second-order valence-electron chi connectivity index (χ2n) is 5.19. The molecule has 1 amide bonds. The number of amides is 1. The summed E-state index contributed by atoms with van der Waals surface area (Å²) in [5.74, 6) is -1.11. The number of aryl methyl sites for hydroxylation is 1. The summed E-state index contributed by atoms with van der Waals surface area (Å²) >= 11 is 0. The zero-order chi connectivity index (χ0) is 14.5. The van der Waals surface area contributed by atoms with Crippen LogP contribution in [0.2, 0.25) is 0 Å². The van der Waals surface area contributed by atoms with E-state index in [0.717, 1.165) is 11.1 Å². The number of aliphatic carboxylic acids is 1. The molecule has 0 aromatic heterocycles. The van der Waals surface area contributed by atoms with Crippen LogP contribution in [0.3, 0.4) is 0 Å². The number of likely N-dealkylation sites (tertiary alicyclic amines) is 1. The van der Waals surface area contributed by atoms with Gasteiger partial charge in [-0.15, -0.1) is 0 Å². The predicted octanol–water partition coefficient (Wildman–Crippen LogP) is 2.33. The van der Waals surface area contributed by atoms with Crippen molar-refractivity contribution < 1.29 is 14.7 Å². The van der Waals surface area contributed by atoms with Crippen LogP contribution in [0.5, 0.6) is 0 Å². The number of hydrogen-bond acceptors (Lipinski definition) is 2. The number of rotatable bonds is 3. The molecule has 1 saturated heterocycles. The molecule has 0 spiro atoms. The van der Waals surface area contributed by atoms with Crippen LogP contribution in [0.25, 0.3) is 6.08 Å². The maximum absolute atomic E-state index is 12.0. The average molecular weight is 273 g/mol. The maximum Gasteiger partial charge on any atom is 0.306 e. The van der Waals surface area contributed by atoms with Crippen molar-refractivity contribution in [3.8, 4) is 0 Å². The molecule has 0 saturated carbocycles. The quantitative estimate of drug-likeness (QED) is 0.860. The largest absolute Gasteiger partial charge is 0.481 e. The highest BCUT2D eigenvalue weighted by molar-refractivity contribution is 5.92. The molecule has 0 atom stereocenters. The summed E-state index contributed by atoms with van der Waals surface area (Å²) in [5, 5.41) is 8.92. The highest BCUT2D eigenvalue weighted by Gasteiger charge is 2.25. The summed E-state index contributed by atoms with van der Waals surface area (Å²) in [4.78, 5) is 24.6. The smallest absolute Gasteiger partial charge is 0.306 e. The van der Waals surface area contributed by atoms with Gasteiger partial charge >= 0.3 is 5.97 Å². The maximum atomic E-state index is 12.0. The van der Waals surface area contributed by atoms with E-state index in [0.29, 0.717) is 25.9 Å². The number of nitrogens with zero attached hydrogens (tertiary/aromatic N) is 1. The highest BCUT2D eigenvalue weighted by atomic mass is 16.4. The monoisotopic (exact) mass is 273 g/mol. The lowest BCUT2D eigenvalue weighted by atomic mass is 9.97. The van der Waals surface area contributed by atoms with Crippen molar-refractivity contribution in [3.05, 3.63) is 41.5 Å². The molecule has 0 bridgehead atoms. The molecule has 2 rings (SSSR count). The van der Waals surface area contributed by atoms with Gasteiger partial charge in [-0.1, -0.05) is 29.8 Å². The minimum Gasteiger partial charge on any atom is -0.481 e. The van der Waals surface area contributed by atoms with E-state index in [4.69, 9.17) is 5.11 Å². The average Bonchev–Trinajstić information content (AvgIpc) is 2.45. The van der Waals surface area contributed by atoms with E-state index in [9.17, 15) is 9.59 Å². The van der Waals surface area contributed by atoms with Gasteiger partial charge in [0.2, 0.25) is 5.91 Å². The van der Waals surface area contributed by atoms with Crippen molar-refractivity contribution >= 4 is 18.0 Å². The molecule has 1 aliphatic rings. The Morgan fingerprint density at radius 2 is 2.00 bits per heavy atom. The number of hydrogen-bond donors (Lipinski definition) is 1. The van der Waals surface area contributed by atoms with Gasteiger partial charge in [-0.3, -0.25) is 9.59 Å². The zero-order valence-corrected chi connectivity index (χ0v) is 11.6. The van der Waals surface area contributed by atoms with E-state index in [1.54, 1.807) is 17.1 Å². The third kappa shape index (κ3) is 3.70. The Labute approximate surface area is 118 Å². The Morgan fingerprint density at radius 1 is 1.30 bits per heavy atom. The SMILES string of the molecule is Cc1cccc(C=CC(=O)N2CCC(C(=O)O)CC2)c1. The van der Waals surface area contributed by atoms with Gasteiger partial charge in [0.05, 0.1) is 5.92 Å². The fourth-order valence-electron chi connectivity index (χ4n) is 2.39. The van der Waals surface area contributed by atoms with Crippen molar-refractivity contribution in [2.24, 2.45) is 5.92 Å². The molecule has 1 N–H and O–H groups in total. The molecule has 1 heterocycles. The number of carbonyl (C=O) groups excluding carboxylic acids is 1. The Bertz CT molecular complexity index is 528. The summed E-state index contributed by atoms with van der Waals surface area (Å²) in [6, 6.07) is 7.93. The van der Waals surface area contributed by atoms with Gasteiger partial charge in [-0.2, -0.15) is 0 Å². The van der Waals surface area contributed by atoms with Gasteiger partial charge in [0, 0.05) is 19.2 Å². The molecule has 0 aliphatic carbocycles. The fraction of sp³-hybridized carbons (Fsp3) is 0.375. The molecular weight excluding hydrogens is 254 g/mol. The van der Waals surface area contributed by atoms with Crippen molar-refractivity contribution in [3.63, 3.8) is 0 Å². The first-order valence-electron chi connectivity index (χ1n) is 6.83. The summed E-state index contributed by atoms with van der Waals surface area (Å²) in [6.07, 6.45) is 4.45. The topological polar surface area (TPSA) is 57.6 Å². The van der Waals surface area contributed by atoms with E-state index in [-0.39, 0.29) is 11.8 Å². The van der Waals surface area contributed by atoms with Gasteiger partial charge in [0.1, 0.15) is 0 Å². The standard InChI is InChI=1S/C16H19NO3/c1-12-3-2-4-13(11-12)5-6-15(18)17-9-7-14(8-10-17)16(19)20/h2-6,11,14H,7-10H2,1H3,(H,19,20). The van der Waals surface area contributed by atoms with Gasteiger partial charge in [0.15, 0.2) is 0 Å². The number of carbonyl (C=O) groups is 2. The lowest BCUT2D eigenvalue weighted by Crippen LogP contribution is -2.39.